The Bertz CT molecular complexity index is 631. The number of hydrogen-bond acceptors (Lipinski definition) is 5. The van der Waals surface area contributed by atoms with E-state index in [2.05, 4.69) is 17.1 Å². The minimum absolute atomic E-state index is 0.0207. The quantitative estimate of drug-likeness (QED) is 0.780. The lowest BCUT2D eigenvalue weighted by molar-refractivity contribution is -0.131. The first-order chi connectivity index (χ1) is 12.1. The molecule has 7 heteroatoms. The predicted molar refractivity (Wildman–Crippen MR) is 98.8 cm³/mol. The van der Waals surface area contributed by atoms with Crippen LogP contribution in [-0.4, -0.2) is 66.1 Å². The van der Waals surface area contributed by atoms with Crippen LogP contribution in [0.25, 0.3) is 0 Å². The highest BCUT2D eigenvalue weighted by atomic mass is 32.2. The number of fused-ring (bicyclic) bond motifs is 1. The van der Waals surface area contributed by atoms with Crippen LogP contribution in [0.4, 0.5) is 0 Å². The maximum atomic E-state index is 12.8. The fourth-order valence-corrected chi connectivity index (χ4v) is 4.46. The van der Waals surface area contributed by atoms with Gasteiger partial charge in [0.05, 0.1) is 0 Å². The highest BCUT2D eigenvalue weighted by Gasteiger charge is 2.37. The van der Waals surface area contributed by atoms with Crippen LogP contribution in [0.15, 0.2) is 10.5 Å². The van der Waals surface area contributed by atoms with Gasteiger partial charge < -0.3 is 14.6 Å². The van der Waals surface area contributed by atoms with Crippen molar-refractivity contribution < 1.29 is 14.0 Å². The molecule has 0 unspecified atom stereocenters. The molecule has 1 N–H and O–H groups in total. The van der Waals surface area contributed by atoms with Crippen LogP contribution < -0.4 is 5.32 Å². The smallest absolute Gasteiger partial charge is 0.289 e. The number of carbonyl (C=O) groups excluding carboxylic acids is 2. The van der Waals surface area contributed by atoms with Gasteiger partial charge in [-0.15, -0.1) is 0 Å². The van der Waals surface area contributed by atoms with Gasteiger partial charge in [-0.1, -0.05) is 13.3 Å². The Morgan fingerprint density at radius 2 is 2.24 bits per heavy atom. The van der Waals surface area contributed by atoms with E-state index in [4.69, 9.17) is 4.42 Å². The van der Waals surface area contributed by atoms with Crippen molar-refractivity contribution in [2.75, 3.05) is 38.5 Å². The van der Waals surface area contributed by atoms with Gasteiger partial charge >= 0.3 is 0 Å². The molecular weight excluding hydrogens is 338 g/mol. The normalized spacial score (nSPS) is 21.1. The zero-order valence-corrected chi connectivity index (χ0v) is 15.9. The van der Waals surface area contributed by atoms with Crippen LogP contribution in [0.5, 0.6) is 0 Å². The molecule has 0 saturated carbocycles. The van der Waals surface area contributed by atoms with Crippen molar-refractivity contribution in [2.45, 2.75) is 38.5 Å². The van der Waals surface area contributed by atoms with Gasteiger partial charge in [0.25, 0.3) is 5.91 Å². The van der Waals surface area contributed by atoms with Gasteiger partial charge in [-0.25, -0.2) is 0 Å². The fourth-order valence-electron chi connectivity index (χ4n) is 3.31. The number of piperazine rings is 2. The lowest BCUT2D eigenvalue weighted by atomic mass is 10.1. The number of nitrogens with zero attached hydrogens (tertiary/aromatic N) is 2. The van der Waals surface area contributed by atoms with Crippen molar-refractivity contribution in [2.24, 2.45) is 0 Å². The van der Waals surface area contributed by atoms with E-state index in [1.807, 2.05) is 24.8 Å². The van der Waals surface area contributed by atoms with Gasteiger partial charge in [0.15, 0.2) is 5.76 Å². The second-order valence-electron chi connectivity index (χ2n) is 6.69. The van der Waals surface area contributed by atoms with E-state index in [1.165, 1.54) is 12.8 Å². The highest BCUT2D eigenvalue weighted by molar-refractivity contribution is 7.98. The molecule has 1 aromatic rings. The summed E-state index contributed by atoms with van der Waals surface area (Å²) in [5, 5.41) is 2.88. The number of carbonyl (C=O) groups is 2. The standard InChI is InChI=1S/C18H27N3O3S/c1-3-4-9-25-12-14-10-16(24-13(14)2)18(23)21-8-7-20-6-5-19-17(22)15(20)11-21/h10,15H,3-9,11-12H2,1-2H3,(H,19,22)/t15-/m1/s1. The molecule has 3 heterocycles. The molecule has 25 heavy (non-hydrogen) atoms. The molecule has 1 atom stereocenters. The first kappa shape index (κ1) is 18.3. The van der Waals surface area contributed by atoms with Crippen LogP contribution >= 0.6 is 11.8 Å². The summed E-state index contributed by atoms with van der Waals surface area (Å²) in [6.45, 7) is 7.47. The molecule has 0 radical (unpaired) electrons. The monoisotopic (exact) mass is 365 g/mol. The minimum atomic E-state index is -0.230. The molecule has 2 fully saturated rings. The average Bonchev–Trinajstić information content (AvgIpc) is 2.99. The molecule has 0 aliphatic carbocycles. The van der Waals surface area contributed by atoms with Gasteiger partial charge in [-0.05, 0) is 25.2 Å². The van der Waals surface area contributed by atoms with Gasteiger partial charge in [0, 0.05) is 44.0 Å². The summed E-state index contributed by atoms with van der Waals surface area (Å²) in [6, 6.07) is 1.65. The third-order valence-electron chi connectivity index (χ3n) is 4.91. The Morgan fingerprint density at radius 3 is 3.04 bits per heavy atom. The molecule has 138 valence electrons. The van der Waals surface area contributed by atoms with Crippen molar-refractivity contribution in [3.63, 3.8) is 0 Å². The SMILES string of the molecule is CCCCSCc1cc(C(=O)N2CCN3CCNC(=O)[C@H]3C2)oc1C. The van der Waals surface area contributed by atoms with E-state index in [0.29, 0.717) is 25.4 Å². The number of thioether (sulfide) groups is 1. The third-order valence-corrected chi connectivity index (χ3v) is 6.00. The Kier molecular flexibility index (Phi) is 6.06. The van der Waals surface area contributed by atoms with Gasteiger partial charge in [0.1, 0.15) is 11.8 Å². The van der Waals surface area contributed by atoms with Gasteiger partial charge in [-0.3, -0.25) is 14.5 Å². The van der Waals surface area contributed by atoms with Crippen molar-refractivity contribution in [1.82, 2.24) is 15.1 Å². The number of furan rings is 1. The first-order valence-electron chi connectivity index (χ1n) is 9.08. The lowest BCUT2D eigenvalue weighted by Gasteiger charge is -2.42. The number of aryl methyl sites for hydroxylation is 1. The van der Waals surface area contributed by atoms with Gasteiger partial charge in [-0.2, -0.15) is 11.8 Å². The molecule has 2 amide bonds. The summed E-state index contributed by atoms with van der Waals surface area (Å²) in [4.78, 5) is 28.8. The third kappa shape index (κ3) is 4.20. The largest absolute Gasteiger partial charge is 0.456 e. The second-order valence-corrected chi connectivity index (χ2v) is 7.80. The fraction of sp³-hybridized carbons (Fsp3) is 0.667. The van der Waals surface area contributed by atoms with E-state index < -0.39 is 0 Å². The first-order valence-corrected chi connectivity index (χ1v) is 10.2. The van der Waals surface area contributed by atoms with Crippen molar-refractivity contribution in [3.8, 4) is 0 Å². The Hall–Kier alpha value is -1.47. The zero-order valence-electron chi connectivity index (χ0n) is 15.0. The van der Waals surface area contributed by atoms with Crippen LogP contribution in [0.2, 0.25) is 0 Å². The molecule has 2 aliphatic heterocycles. The number of amides is 2. The summed E-state index contributed by atoms with van der Waals surface area (Å²) >= 11 is 1.88. The molecule has 3 rings (SSSR count). The maximum Gasteiger partial charge on any atom is 0.289 e. The minimum Gasteiger partial charge on any atom is -0.456 e. The van der Waals surface area contributed by atoms with E-state index in [9.17, 15) is 9.59 Å². The van der Waals surface area contributed by atoms with Crippen LogP contribution in [0, 0.1) is 6.92 Å². The molecular formula is C18H27N3O3S. The molecule has 1 aromatic heterocycles. The molecule has 0 spiro atoms. The summed E-state index contributed by atoms with van der Waals surface area (Å²) in [6.07, 6.45) is 2.41. The highest BCUT2D eigenvalue weighted by Crippen LogP contribution is 2.23. The van der Waals surface area contributed by atoms with Crippen molar-refractivity contribution >= 4 is 23.6 Å². The lowest BCUT2D eigenvalue weighted by Crippen LogP contribution is -2.64. The molecule has 0 bridgehead atoms. The van der Waals surface area contributed by atoms with Crippen LogP contribution in [0.3, 0.4) is 0 Å². The molecule has 0 aromatic carbocycles. The second kappa shape index (κ2) is 8.27. The zero-order chi connectivity index (χ0) is 17.8. The summed E-state index contributed by atoms with van der Waals surface area (Å²) < 4.78 is 5.73. The number of hydrogen-bond donors (Lipinski definition) is 1. The van der Waals surface area contributed by atoms with E-state index >= 15 is 0 Å². The summed E-state index contributed by atoms with van der Waals surface area (Å²) in [5.74, 6) is 3.14. The van der Waals surface area contributed by atoms with E-state index in [0.717, 1.165) is 35.9 Å². The van der Waals surface area contributed by atoms with Crippen LogP contribution in [-0.2, 0) is 10.5 Å². The molecule has 2 saturated heterocycles. The van der Waals surface area contributed by atoms with E-state index in [1.54, 1.807) is 4.90 Å². The number of unbranched alkanes of at least 4 members (excludes halogenated alkanes) is 1. The molecule has 6 nitrogen and oxygen atoms in total. The van der Waals surface area contributed by atoms with Crippen molar-refractivity contribution in [1.29, 1.82) is 0 Å². The van der Waals surface area contributed by atoms with E-state index in [-0.39, 0.29) is 17.9 Å². The van der Waals surface area contributed by atoms with Crippen molar-refractivity contribution in [3.05, 3.63) is 23.2 Å². The Balaban J connectivity index is 1.62. The van der Waals surface area contributed by atoms with Gasteiger partial charge in [0.2, 0.25) is 5.91 Å². The average molecular weight is 365 g/mol. The topological polar surface area (TPSA) is 65.8 Å². The predicted octanol–water partition coefficient (Wildman–Crippen LogP) is 1.88. The number of nitrogens with one attached hydrogen (secondary N) is 1. The maximum absolute atomic E-state index is 12.8. The number of rotatable bonds is 6. The van der Waals surface area contributed by atoms with Crippen LogP contribution in [0.1, 0.15) is 41.6 Å². The summed E-state index contributed by atoms with van der Waals surface area (Å²) in [7, 11) is 0. The molecule has 2 aliphatic rings. The summed E-state index contributed by atoms with van der Waals surface area (Å²) in [5.41, 5.74) is 1.10. The Morgan fingerprint density at radius 1 is 1.40 bits per heavy atom. The Labute approximate surface area is 153 Å².